The minimum Gasteiger partial charge on any atom is -0.388 e. The summed E-state index contributed by atoms with van der Waals surface area (Å²) in [6.07, 6.45) is 9.57. The van der Waals surface area contributed by atoms with Gasteiger partial charge in [-0.15, -0.1) is 0 Å². The molecule has 1 aliphatic heterocycles. The molecule has 3 fully saturated rings. The van der Waals surface area contributed by atoms with E-state index in [1.54, 1.807) is 0 Å². The molecule has 0 aromatic carbocycles. The van der Waals surface area contributed by atoms with Crippen molar-refractivity contribution in [2.24, 2.45) is 10.9 Å². The number of hydrogen-bond donors (Lipinski definition) is 3. The second-order valence-corrected chi connectivity index (χ2v) is 8.02. The minimum atomic E-state index is -0.596. The molecule has 0 aromatic rings. The van der Waals surface area contributed by atoms with Crippen LogP contribution < -0.4 is 10.6 Å². The van der Waals surface area contributed by atoms with E-state index in [4.69, 9.17) is 0 Å². The highest BCUT2D eigenvalue weighted by atomic mass is 16.3. The average molecular weight is 351 g/mol. The Morgan fingerprint density at radius 2 is 1.96 bits per heavy atom. The third-order valence-corrected chi connectivity index (χ3v) is 5.96. The Kier molecular flexibility index (Phi) is 6.20. The van der Waals surface area contributed by atoms with Crippen LogP contribution in [0.5, 0.6) is 0 Å². The van der Waals surface area contributed by atoms with E-state index in [-0.39, 0.29) is 12.0 Å². The van der Waals surface area contributed by atoms with Crippen LogP contribution in [-0.4, -0.2) is 59.7 Å². The Morgan fingerprint density at radius 1 is 1.20 bits per heavy atom. The number of carbonyl (C=O) groups excluding carboxylic acids is 1. The van der Waals surface area contributed by atoms with E-state index in [1.165, 1.54) is 19.3 Å². The molecule has 1 unspecified atom stereocenters. The number of aliphatic imine (C=N–C) groups is 1. The van der Waals surface area contributed by atoms with E-state index < -0.39 is 5.60 Å². The van der Waals surface area contributed by atoms with Crippen LogP contribution in [0.15, 0.2) is 4.99 Å². The fraction of sp³-hybridized carbons (Fsp3) is 0.895. The van der Waals surface area contributed by atoms with Gasteiger partial charge in [-0.3, -0.25) is 9.79 Å². The third-order valence-electron chi connectivity index (χ3n) is 5.96. The SMILES string of the molecule is CCNC(=NCC1(O)CCC1)NC1CCN(C(=O)C2CCCCC2)C1. The fourth-order valence-electron chi connectivity index (χ4n) is 4.17. The van der Waals surface area contributed by atoms with E-state index >= 15 is 0 Å². The average Bonchev–Trinajstić information content (AvgIpc) is 3.07. The summed E-state index contributed by atoms with van der Waals surface area (Å²) in [4.78, 5) is 19.3. The van der Waals surface area contributed by atoms with Crippen LogP contribution in [-0.2, 0) is 4.79 Å². The Labute approximate surface area is 151 Å². The molecule has 6 nitrogen and oxygen atoms in total. The van der Waals surface area contributed by atoms with Gasteiger partial charge in [0.25, 0.3) is 0 Å². The molecule has 3 rings (SSSR count). The molecule has 2 aliphatic carbocycles. The molecule has 1 heterocycles. The van der Waals surface area contributed by atoms with Crippen molar-refractivity contribution in [2.75, 3.05) is 26.2 Å². The van der Waals surface area contributed by atoms with Gasteiger partial charge in [0.05, 0.1) is 12.1 Å². The number of nitrogens with one attached hydrogen (secondary N) is 2. The first-order valence-corrected chi connectivity index (χ1v) is 10.2. The van der Waals surface area contributed by atoms with Gasteiger partial charge in [-0.2, -0.15) is 0 Å². The van der Waals surface area contributed by atoms with E-state index in [9.17, 15) is 9.90 Å². The zero-order valence-electron chi connectivity index (χ0n) is 15.6. The number of rotatable bonds is 5. The first-order valence-electron chi connectivity index (χ1n) is 10.2. The molecule has 142 valence electrons. The molecular formula is C19H34N4O2. The predicted octanol–water partition coefficient (Wildman–Crippen LogP) is 1.64. The zero-order chi connectivity index (χ0) is 17.7. The molecule has 0 bridgehead atoms. The fourth-order valence-corrected chi connectivity index (χ4v) is 4.17. The molecule has 3 N–H and O–H groups in total. The molecule has 1 atom stereocenters. The van der Waals surface area contributed by atoms with Gasteiger partial charge in [-0.25, -0.2) is 0 Å². The Hall–Kier alpha value is -1.30. The van der Waals surface area contributed by atoms with Crippen molar-refractivity contribution in [3.05, 3.63) is 0 Å². The first kappa shape index (κ1) is 18.5. The van der Waals surface area contributed by atoms with Crippen LogP contribution in [0.4, 0.5) is 0 Å². The predicted molar refractivity (Wildman–Crippen MR) is 99.5 cm³/mol. The van der Waals surface area contributed by atoms with Crippen molar-refractivity contribution < 1.29 is 9.90 Å². The largest absolute Gasteiger partial charge is 0.388 e. The van der Waals surface area contributed by atoms with Gasteiger partial charge in [-0.1, -0.05) is 19.3 Å². The second kappa shape index (κ2) is 8.39. The molecular weight excluding hydrogens is 316 g/mol. The molecule has 0 aromatic heterocycles. The van der Waals surface area contributed by atoms with Crippen LogP contribution in [0.3, 0.4) is 0 Å². The molecule has 2 saturated carbocycles. The monoisotopic (exact) mass is 350 g/mol. The number of amides is 1. The summed E-state index contributed by atoms with van der Waals surface area (Å²) in [6, 6.07) is 0.251. The molecule has 1 saturated heterocycles. The van der Waals surface area contributed by atoms with Gasteiger partial charge in [-0.05, 0) is 45.4 Å². The topological polar surface area (TPSA) is 77.0 Å². The molecule has 1 amide bonds. The summed E-state index contributed by atoms with van der Waals surface area (Å²) in [5.74, 6) is 1.37. The van der Waals surface area contributed by atoms with E-state index in [2.05, 4.69) is 15.6 Å². The Bertz CT molecular complexity index is 484. The lowest BCUT2D eigenvalue weighted by atomic mass is 9.80. The number of nitrogens with zero attached hydrogens (tertiary/aromatic N) is 2. The first-order chi connectivity index (χ1) is 12.1. The van der Waals surface area contributed by atoms with E-state index in [0.717, 1.165) is 64.1 Å². The van der Waals surface area contributed by atoms with Crippen molar-refractivity contribution in [2.45, 2.75) is 76.4 Å². The number of carbonyl (C=O) groups is 1. The molecule has 0 radical (unpaired) electrons. The van der Waals surface area contributed by atoms with Gasteiger partial charge in [0.15, 0.2) is 5.96 Å². The summed E-state index contributed by atoms with van der Waals surface area (Å²) in [7, 11) is 0. The highest BCUT2D eigenvalue weighted by Gasteiger charge is 2.35. The highest BCUT2D eigenvalue weighted by molar-refractivity contribution is 5.81. The molecule has 0 spiro atoms. The van der Waals surface area contributed by atoms with Gasteiger partial charge >= 0.3 is 0 Å². The van der Waals surface area contributed by atoms with E-state index in [1.807, 2.05) is 11.8 Å². The van der Waals surface area contributed by atoms with E-state index in [0.29, 0.717) is 12.5 Å². The summed E-state index contributed by atoms with van der Waals surface area (Å²) in [6.45, 7) is 4.91. The maximum absolute atomic E-state index is 12.7. The van der Waals surface area contributed by atoms with Crippen molar-refractivity contribution in [1.82, 2.24) is 15.5 Å². The van der Waals surface area contributed by atoms with Crippen LogP contribution in [0.25, 0.3) is 0 Å². The smallest absolute Gasteiger partial charge is 0.225 e. The lowest BCUT2D eigenvalue weighted by Gasteiger charge is -2.35. The number of hydrogen-bond acceptors (Lipinski definition) is 3. The van der Waals surface area contributed by atoms with Gasteiger partial charge < -0.3 is 20.6 Å². The summed E-state index contributed by atoms with van der Waals surface area (Å²) in [5, 5.41) is 17.0. The second-order valence-electron chi connectivity index (χ2n) is 8.02. The summed E-state index contributed by atoms with van der Waals surface area (Å²) < 4.78 is 0. The Balaban J connectivity index is 1.49. The van der Waals surface area contributed by atoms with Gasteiger partial charge in [0, 0.05) is 31.6 Å². The standard InChI is InChI=1S/C19H34N4O2/c1-2-20-18(21-14-19(25)10-6-11-19)22-16-9-12-23(13-16)17(24)15-7-4-3-5-8-15/h15-16,25H,2-14H2,1H3,(H2,20,21,22). The van der Waals surface area contributed by atoms with Crippen LogP contribution >= 0.6 is 0 Å². The lowest BCUT2D eigenvalue weighted by Crippen LogP contribution is -2.47. The maximum atomic E-state index is 12.7. The van der Waals surface area contributed by atoms with Crippen molar-refractivity contribution in [3.63, 3.8) is 0 Å². The summed E-state index contributed by atoms with van der Waals surface area (Å²) >= 11 is 0. The normalized spacial score (nSPS) is 27.0. The molecule has 3 aliphatic rings. The number of aliphatic hydroxyl groups is 1. The van der Waals surface area contributed by atoms with Crippen molar-refractivity contribution >= 4 is 11.9 Å². The highest BCUT2D eigenvalue weighted by Crippen LogP contribution is 2.31. The lowest BCUT2D eigenvalue weighted by molar-refractivity contribution is -0.135. The Morgan fingerprint density at radius 3 is 2.60 bits per heavy atom. The number of likely N-dealkylation sites (tertiary alicyclic amines) is 1. The van der Waals surface area contributed by atoms with Gasteiger partial charge in [0.1, 0.15) is 0 Å². The van der Waals surface area contributed by atoms with Crippen molar-refractivity contribution in [1.29, 1.82) is 0 Å². The minimum absolute atomic E-state index is 0.251. The number of guanidine groups is 1. The summed E-state index contributed by atoms with van der Waals surface area (Å²) in [5.41, 5.74) is -0.596. The quantitative estimate of drug-likeness (QED) is 0.520. The third kappa shape index (κ3) is 4.87. The molecule has 25 heavy (non-hydrogen) atoms. The van der Waals surface area contributed by atoms with Crippen LogP contribution in [0, 0.1) is 5.92 Å². The van der Waals surface area contributed by atoms with Gasteiger partial charge in [0.2, 0.25) is 5.91 Å². The molecule has 6 heteroatoms. The van der Waals surface area contributed by atoms with Crippen LogP contribution in [0.1, 0.15) is 64.7 Å². The van der Waals surface area contributed by atoms with Crippen LogP contribution in [0.2, 0.25) is 0 Å². The zero-order valence-corrected chi connectivity index (χ0v) is 15.6. The van der Waals surface area contributed by atoms with Crippen molar-refractivity contribution in [3.8, 4) is 0 Å². The maximum Gasteiger partial charge on any atom is 0.225 e.